The first kappa shape index (κ1) is 16.5. The molecule has 0 aromatic rings. The fraction of sp³-hybridized carbons (Fsp3) is 0.462. The van der Waals surface area contributed by atoms with Crippen molar-refractivity contribution in [2.45, 2.75) is 13.3 Å². The highest BCUT2D eigenvalue weighted by Crippen LogP contribution is 2.29. The van der Waals surface area contributed by atoms with E-state index in [0.717, 1.165) is 15.6 Å². The van der Waals surface area contributed by atoms with Crippen LogP contribution in [-0.2, 0) is 4.79 Å². The second-order valence-electron chi connectivity index (χ2n) is 3.95. The predicted molar refractivity (Wildman–Crippen MR) is 82.2 cm³/mol. The van der Waals surface area contributed by atoms with Crippen LogP contribution >= 0.6 is 23.5 Å². The Bertz CT molecular complexity index is 499. The molecule has 106 valence electrons. The van der Waals surface area contributed by atoms with Gasteiger partial charge in [-0.3, -0.25) is 4.79 Å². The van der Waals surface area contributed by atoms with Crippen molar-refractivity contribution in [1.82, 2.24) is 5.32 Å². The summed E-state index contributed by atoms with van der Waals surface area (Å²) in [5.74, 6) is 0.554. The van der Waals surface area contributed by atoms with Crippen LogP contribution in [0.3, 0.4) is 0 Å². The molecule has 1 amide bonds. The highest BCUT2D eigenvalue weighted by atomic mass is 32.2. The zero-order chi connectivity index (χ0) is 15.0. The van der Waals surface area contributed by atoms with Crippen molar-refractivity contribution in [3.05, 3.63) is 21.6 Å². The van der Waals surface area contributed by atoms with Gasteiger partial charge in [-0.25, -0.2) is 0 Å². The Labute approximate surface area is 127 Å². The number of primary amides is 1. The van der Waals surface area contributed by atoms with E-state index in [2.05, 4.69) is 5.32 Å². The predicted octanol–water partition coefficient (Wildman–Crippen LogP) is 1.71. The number of hydrogen-bond acceptors (Lipinski definition) is 6. The smallest absolute Gasteiger partial charge is 0.265 e. The van der Waals surface area contributed by atoms with E-state index in [1.807, 2.05) is 25.1 Å². The van der Waals surface area contributed by atoms with Crippen molar-refractivity contribution >= 4 is 29.4 Å². The molecule has 1 heterocycles. The number of dihydropyridines is 1. The Hall–Kier alpha value is -1.57. The van der Waals surface area contributed by atoms with Gasteiger partial charge in [0.1, 0.15) is 11.6 Å². The molecule has 1 aliphatic heterocycles. The molecule has 7 heteroatoms. The number of carbonyl (C=O) groups excluding carboxylic acids is 1. The van der Waals surface area contributed by atoms with Crippen molar-refractivity contribution in [3.63, 3.8) is 0 Å². The number of nitriles is 2. The first-order valence-electron chi connectivity index (χ1n) is 6.15. The number of allylic oxidation sites excluding steroid dienone is 1. The summed E-state index contributed by atoms with van der Waals surface area (Å²) in [7, 11) is 0. The molecule has 0 unspecified atom stereocenters. The molecule has 0 bridgehead atoms. The second-order valence-corrected chi connectivity index (χ2v) is 6.48. The van der Waals surface area contributed by atoms with Gasteiger partial charge in [-0.15, -0.1) is 23.5 Å². The number of hydrogen-bond donors (Lipinski definition) is 2. The minimum absolute atomic E-state index is 0.449. The number of thioether (sulfide) groups is 2. The van der Waals surface area contributed by atoms with Gasteiger partial charge >= 0.3 is 0 Å². The highest BCUT2D eigenvalue weighted by molar-refractivity contribution is 8.04. The Morgan fingerprint density at radius 3 is 2.75 bits per heavy atom. The van der Waals surface area contributed by atoms with Crippen LogP contribution in [0.1, 0.15) is 13.3 Å². The van der Waals surface area contributed by atoms with E-state index in [4.69, 9.17) is 16.3 Å². The van der Waals surface area contributed by atoms with E-state index in [9.17, 15) is 4.79 Å². The van der Waals surface area contributed by atoms with Crippen LogP contribution < -0.4 is 11.1 Å². The Balaban J connectivity index is 2.65. The lowest BCUT2D eigenvalue weighted by Crippen LogP contribution is -2.30. The normalized spacial score (nSPS) is 14.3. The lowest BCUT2D eigenvalue weighted by molar-refractivity contribution is -0.114. The standard InChI is InChI=1S/C13H16N4OS2/c1-2-19-11-5-10(8-17-12(11)13(16)18)20-4-3-9(6-14)7-15/h5,9,17H,2-4,8H2,1H3,(H2,16,18). The van der Waals surface area contributed by atoms with Gasteiger partial charge in [0, 0.05) is 22.1 Å². The molecular formula is C13H16N4OS2. The summed E-state index contributed by atoms with van der Waals surface area (Å²) in [4.78, 5) is 13.2. The van der Waals surface area contributed by atoms with Crippen molar-refractivity contribution in [2.75, 3.05) is 18.1 Å². The number of nitrogens with two attached hydrogens (primary N) is 1. The average molecular weight is 308 g/mol. The quantitative estimate of drug-likeness (QED) is 0.742. The number of nitrogens with one attached hydrogen (secondary N) is 1. The zero-order valence-electron chi connectivity index (χ0n) is 11.2. The van der Waals surface area contributed by atoms with E-state index in [1.54, 1.807) is 23.5 Å². The SMILES string of the molecule is CCSC1=C(C(N)=O)NCC(SCCC(C#N)C#N)=C1. The minimum atomic E-state index is -0.555. The van der Waals surface area contributed by atoms with Crippen molar-refractivity contribution in [1.29, 1.82) is 10.5 Å². The van der Waals surface area contributed by atoms with Crippen molar-refractivity contribution in [3.8, 4) is 12.1 Å². The largest absolute Gasteiger partial charge is 0.375 e. The first-order valence-corrected chi connectivity index (χ1v) is 8.12. The van der Waals surface area contributed by atoms with Crippen LogP contribution in [0, 0.1) is 28.6 Å². The maximum atomic E-state index is 11.3. The molecule has 1 aliphatic rings. The molecule has 0 fully saturated rings. The molecule has 0 radical (unpaired) electrons. The molecular weight excluding hydrogens is 292 g/mol. The number of carbonyl (C=O) groups is 1. The van der Waals surface area contributed by atoms with Crippen LogP contribution in [0.25, 0.3) is 0 Å². The molecule has 0 aliphatic carbocycles. The number of nitrogens with zero attached hydrogens (tertiary/aromatic N) is 2. The number of rotatable bonds is 7. The minimum Gasteiger partial charge on any atom is -0.375 e. The molecule has 3 N–H and O–H groups in total. The molecule has 0 atom stereocenters. The monoisotopic (exact) mass is 308 g/mol. The van der Waals surface area contributed by atoms with E-state index in [-0.39, 0.29) is 0 Å². The molecule has 5 nitrogen and oxygen atoms in total. The average Bonchev–Trinajstić information content (AvgIpc) is 2.44. The Morgan fingerprint density at radius 1 is 1.50 bits per heavy atom. The molecule has 0 aromatic heterocycles. The van der Waals surface area contributed by atoms with E-state index in [1.165, 1.54) is 0 Å². The van der Waals surface area contributed by atoms with Gasteiger partial charge in [0.15, 0.2) is 0 Å². The molecule has 0 saturated heterocycles. The molecule has 0 aromatic carbocycles. The van der Waals surface area contributed by atoms with Crippen LogP contribution in [0.5, 0.6) is 0 Å². The maximum absolute atomic E-state index is 11.3. The zero-order valence-corrected chi connectivity index (χ0v) is 12.8. The maximum Gasteiger partial charge on any atom is 0.265 e. The van der Waals surface area contributed by atoms with Gasteiger partial charge < -0.3 is 11.1 Å². The first-order chi connectivity index (χ1) is 9.62. The fourth-order valence-electron chi connectivity index (χ4n) is 1.57. The third-order valence-corrected chi connectivity index (χ3v) is 4.52. The molecule has 0 saturated carbocycles. The van der Waals surface area contributed by atoms with E-state index >= 15 is 0 Å². The van der Waals surface area contributed by atoms with Gasteiger partial charge in [-0.05, 0) is 18.2 Å². The van der Waals surface area contributed by atoms with Gasteiger partial charge in [0.2, 0.25) is 0 Å². The summed E-state index contributed by atoms with van der Waals surface area (Å²) in [6.45, 7) is 2.57. The molecule has 0 spiro atoms. The van der Waals surface area contributed by atoms with E-state index in [0.29, 0.717) is 24.4 Å². The molecule has 1 rings (SSSR count). The van der Waals surface area contributed by atoms with Crippen LogP contribution in [0.4, 0.5) is 0 Å². The van der Waals surface area contributed by atoms with Crippen molar-refractivity contribution < 1.29 is 4.79 Å². The lowest BCUT2D eigenvalue weighted by atomic mass is 10.1. The summed E-state index contributed by atoms with van der Waals surface area (Å²) < 4.78 is 0. The summed E-state index contributed by atoms with van der Waals surface area (Å²) in [5, 5.41) is 20.4. The lowest BCUT2D eigenvalue weighted by Gasteiger charge is -2.19. The highest BCUT2D eigenvalue weighted by Gasteiger charge is 2.17. The fourth-order valence-corrected chi connectivity index (χ4v) is 3.49. The van der Waals surface area contributed by atoms with Gasteiger partial charge in [-0.1, -0.05) is 6.92 Å². The van der Waals surface area contributed by atoms with Crippen LogP contribution in [-0.4, -0.2) is 24.0 Å². The number of amides is 1. The third-order valence-electron chi connectivity index (χ3n) is 2.53. The van der Waals surface area contributed by atoms with Gasteiger partial charge in [0.05, 0.1) is 12.1 Å². The molecule has 20 heavy (non-hydrogen) atoms. The van der Waals surface area contributed by atoms with Crippen LogP contribution in [0.15, 0.2) is 21.6 Å². The summed E-state index contributed by atoms with van der Waals surface area (Å²) in [6.07, 6.45) is 2.50. The summed E-state index contributed by atoms with van der Waals surface area (Å²) >= 11 is 3.16. The van der Waals surface area contributed by atoms with Gasteiger partial charge in [0.25, 0.3) is 5.91 Å². The third kappa shape index (κ3) is 4.84. The Kier molecular flexibility index (Phi) is 7.06. The topological polar surface area (TPSA) is 103 Å². The second kappa shape index (κ2) is 8.57. The van der Waals surface area contributed by atoms with Gasteiger partial charge in [-0.2, -0.15) is 10.5 Å². The van der Waals surface area contributed by atoms with Crippen LogP contribution in [0.2, 0.25) is 0 Å². The Morgan fingerprint density at radius 2 is 2.20 bits per heavy atom. The summed E-state index contributed by atoms with van der Waals surface area (Å²) in [6, 6.07) is 3.91. The van der Waals surface area contributed by atoms with E-state index < -0.39 is 11.8 Å². The van der Waals surface area contributed by atoms with Crippen molar-refractivity contribution in [2.24, 2.45) is 11.7 Å². The summed E-state index contributed by atoms with van der Waals surface area (Å²) in [5.41, 5.74) is 5.79.